The second kappa shape index (κ2) is 32.1. The summed E-state index contributed by atoms with van der Waals surface area (Å²) < 4.78 is 120. The molecule has 0 aliphatic rings. The Morgan fingerprint density at radius 3 is 0.560 bits per heavy atom. The minimum Gasteiger partial charge on any atom is -0.741 e. The first kappa shape index (κ1) is 62.8. The summed E-state index contributed by atoms with van der Waals surface area (Å²) in [6.07, 6.45) is 4.83. The second-order valence-corrected chi connectivity index (χ2v) is 28.1. The van der Waals surface area contributed by atoms with Gasteiger partial charge in [-0.2, -0.15) is 34.8 Å². The molecular formula is C54H51F6N2O6P4S2W. The van der Waals surface area contributed by atoms with Gasteiger partial charge in [-0.05, 0) is 98.8 Å². The monoisotopic (exact) mass is 1310 g/mol. The molecule has 0 spiro atoms. The largest absolute Gasteiger partial charge is 0.741 e. The van der Waals surface area contributed by atoms with Crippen LogP contribution in [0.15, 0.2) is 243 Å². The van der Waals surface area contributed by atoms with Crippen LogP contribution in [0.2, 0.25) is 0 Å². The predicted octanol–water partition coefficient (Wildman–Crippen LogP) is 10.6. The first-order chi connectivity index (χ1) is 35.7. The Morgan fingerprint density at radius 2 is 0.480 bits per heavy atom. The van der Waals surface area contributed by atoms with Crippen LogP contribution in [-0.4, -0.2) is 61.6 Å². The van der Waals surface area contributed by atoms with Crippen LogP contribution in [0.3, 0.4) is 0 Å². The zero-order valence-electron chi connectivity index (χ0n) is 39.7. The molecule has 0 unspecified atom stereocenters. The number of rotatable bonds is 14. The minimum absolute atomic E-state index is 0.348. The fourth-order valence-electron chi connectivity index (χ4n) is 6.89. The van der Waals surface area contributed by atoms with E-state index in [0.717, 1.165) is 19.4 Å². The van der Waals surface area contributed by atoms with Gasteiger partial charge in [0.25, 0.3) is 0 Å². The molecule has 0 amide bonds. The zero-order valence-corrected chi connectivity index (χ0v) is 47.9. The molecule has 8 aromatic carbocycles. The molecule has 0 atom stereocenters. The van der Waals surface area contributed by atoms with Crippen molar-refractivity contribution in [3.05, 3.63) is 246 Å². The van der Waals surface area contributed by atoms with E-state index in [-0.39, 0.29) is 31.7 Å². The molecule has 21 heteroatoms. The molecule has 8 rings (SSSR count). The molecule has 0 aromatic heterocycles. The second-order valence-electron chi connectivity index (χ2n) is 15.2. The third kappa shape index (κ3) is 22.0. The van der Waals surface area contributed by atoms with Crippen LogP contribution in [0.25, 0.3) is 3.42 Å². The van der Waals surface area contributed by atoms with E-state index in [9.17, 15) is 26.3 Å². The van der Waals surface area contributed by atoms with Crippen LogP contribution in [0.1, 0.15) is 0 Å². The van der Waals surface area contributed by atoms with E-state index in [0.29, 0.717) is 0 Å². The average Bonchev–Trinajstić information content (AvgIpc) is 3.41. The zero-order chi connectivity index (χ0) is 54.7. The van der Waals surface area contributed by atoms with E-state index in [2.05, 4.69) is 252 Å². The first-order valence-corrected chi connectivity index (χ1v) is 32.6. The molecule has 0 radical (unpaired) electrons. The van der Waals surface area contributed by atoms with Crippen LogP contribution < -0.4 is 48.3 Å². The van der Waals surface area contributed by atoms with Gasteiger partial charge < -0.3 is 4.55 Å². The molecule has 0 saturated heterocycles. The van der Waals surface area contributed by atoms with E-state index in [1.165, 1.54) is 67.1 Å². The van der Waals surface area contributed by atoms with Gasteiger partial charge in [0.2, 0.25) is 0 Å². The van der Waals surface area contributed by atoms with Gasteiger partial charge in [0.15, 0.2) is 10.1 Å². The summed E-state index contributed by atoms with van der Waals surface area (Å²) in [7, 11) is -13.3. The summed E-state index contributed by atoms with van der Waals surface area (Å²) in [5.41, 5.74) is -11.2. The van der Waals surface area contributed by atoms with E-state index in [4.69, 9.17) is 25.9 Å². The van der Waals surface area contributed by atoms with Crippen LogP contribution in [0.4, 0.5) is 26.3 Å². The predicted molar refractivity (Wildman–Crippen MR) is 297 cm³/mol. The standard InChI is InChI=1S/2C26H24P2.2CHF3O3S.H2N2.W/c2*1-5-13-23(14-6-1)27(24-15-7-2-8-16-24)21-22-28(25-17-9-3-10-18-25)26-19-11-4-12-20-26;2*2-1(3,4)8(5,6)7;1-2;/h2*1-20H,21-22H2;2*(H,5,6,7);1H2;/q;;;;+1;/p-1. The summed E-state index contributed by atoms with van der Waals surface area (Å²) in [6.45, 7) is 0. The number of nitrogens with zero attached hydrogens (tertiary/aromatic N) is 1. The molecule has 0 fully saturated rings. The maximum Gasteiger partial charge on any atom is 0.522 e. The van der Waals surface area contributed by atoms with Crippen molar-refractivity contribution in [3.8, 4) is 0 Å². The van der Waals surface area contributed by atoms with Gasteiger partial charge in [0, 0.05) is 0 Å². The van der Waals surface area contributed by atoms with Crippen molar-refractivity contribution >= 4 is 94.4 Å². The van der Waals surface area contributed by atoms with Crippen molar-refractivity contribution in [2.24, 2.45) is 5.84 Å². The molecule has 0 heterocycles. The molecule has 0 saturated carbocycles. The molecule has 8 nitrogen and oxygen atoms in total. The number of halogens is 6. The third-order valence-corrected chi connectivity index (χ3v) is 22.1. The first-order valence-electron chi connectivity index (χ1n) is 22.3. The third-order valence-electron chi connectivity index (χ3n) is 10.2. The quantitative estimate of drug-likeness (QED) is 0.0276. The number of alkyl halides is 6. The van der Waals surface area contributed by atoms with Crippen molar-refractivity contribution < 1.29 is 71.7 Å². The van der Waals surface area contributed by atoms with E-state index in [1.54, 1.807) is 0 Å². The Labute approximate surface area is 450 Å². The fraction of sp³-hybridized carbons (Fsp3) is 0.111. The van der Waals surface area contributed by atoms with Crippen molar-refractivity contribution in [1.29, 1.82) is 0 Å². The number of hydrogen-bond acceptors (Lipinski definition) is 6. The van der Waals surface area contributed by atoms with Gasteiger partial charge in [-0.25, -0.2) is 8.42 Å². The van der Waals surface area contributed by atoms with Crippen molar-refractivity contribution in [1.82, 2.24) is 0 Å². The smallest absolute Gasteiger partial charge is 0.522 e. The van der Waals surface area contributed by atoms with Gasteiger partial charge in [-0.1, -0.05) is 243 Å². The Kier molecular flexibility index (Phi) is 26.9. The summed E-state index contributed by atoms with van der Waals surface area (Å²) in [5, 5.41) is 11.8. The number of nitrogens with two attached hydrogens (primary N) is 1. The summed E-state index contributed by atoms with van der Waals surface area (Å²) in [4.78, 5) is 0. The molecule has 3 N–H and O–H groups in total. The maximum absolute atomic E-state index is 10.7. The minimum atomic E-state index is -6.09. The topological polar surface area (TPSA) is 142 Å². The van der Waals surface area contributed by atoms with Gasteiger partial charge in [-0.3, -0.25) is 4.55 Å². The SMILES string of the molecule is N[N+]#[W].O=S(=O)(O)C(F)(F)F.O=S(=O)([O-])C(F)(F)F.c1ccc(P(CCP(c2ccccc2)c2ccccc2)c2ccccc2)cc1.c1ccc(P(CCP(c2ccccc2)c2ccccc2)c2ccccc2)cc1. The van der Waals surface area contributed by atoms with Crippen LogP contribution in [0, 0.1) is 0 Å². The Bertz CT molecular complexity index is 2590. The van der Waals surface area contributed by atoms with E-state index in [1.807, 2.05) is 0 Å². The fourth-order valence-corrected chi connectivity index (χ4v) is 17.6. The van der Waals surface area contributed by atoms with Crippen LogP contribution in [0.5, 0.6) is 0 Å². The molecule has 75 heavy (non-hydrogen) atoms. The van der Waals surface area contributed by atoms with Gasteiger partial charge in [-0.15, -0.1) is 0 Å². The van der Waals surface area contributed by atoms with Crippen molar-refractivity contribution in [2.45, 2.75) is 11.0 Å². The number of benzene rings is 8. The normalized spacial score (nSPS) is 11.4. The molecule has 393 valence electrons. The van der Waals surface area contributed by atoms with Crippen molar-refractivity contribution in [3.63, 3.8) is 0 Å². The van der Waals surface area contributed by atoms with Crippen LogP contribution in [-0.2, 0) is 39.7 Å². The molecular weight excluding hydrogens is 1260 g/mol. The number of hydrogen-bond donors (Lipinski definition) is 2. The van der Waals surface area contributed by atoms with Gasteiger partial charge >= 0.3 is 49.8 Å². The van der Waals surface area contributed by atoms with E-state index >= 15 is 0 Å². The summed E-state index contributed by atoms with van der Waals surface area (Å²) in [6, 6.07) is 88.4. The molecule has 0 bridgehead atoms. The van der Waals surface area contributed by atoms with E-state index < -0.39 is 31.3 Å². The Hall–Kier alpha value is -4.76. The van der Waals surface area contributed by atoms with Gasteiger partial charge in [0.05, 0.1) is 0 Å². The summed E-state index contributed by atoms with van der Waals surface area (Å²) in [5.74, 6) is 4.51. The Morgan fingerprint density at radius 1 is 0.373 bits per heavy atom. The molecule has 0 aliphatic heterocycles. The van der Waals surface area contributed by atoms with Gasteiger partial charge in [0.1, 0.15) is 0 Å². The Balaban J connectivity index is 0.000000243. The average molecular weight is 1310 g/mol. The molecule has 0 aliphatic carbocycles. The molecule has 8 aromatic rings. The summed E-state index contributed by atoms with van der Waals surface area (Å²) >= 11 is 1.07. The van der Waals surface area contributed by atoms with Crippen molar-refractivity contribution in [2.75, 3.05) is 24.6 Å². The van der Waals surface area contributed by atoms with Crippen LogP contribution >= 0.6 is 31.7 Å². The maximum atomic E-state index is 10.7.